The van der Waals surface area contributed by atoms with Crippen molar-refractivity contribution >= 4 is 5.82 Å². The third-order valence-corrected chi connectivity index (χ3v) is 4.79. The Kier molecular flexibility index (Phi) is 6.26. The van der Waals surface area contributed by atoms with Crippen LogP contribution in [0.25, 0.3) is 17.1 Å². The molecular weight excluding hydrogens is 378 g/mol. The van der Waals surface area contributed by atoms with E-state index in [1.807, 2.05) is 31.3 Å². The van der Waals surface area contributed by atoms with Gasteiger partial charge in [-0.2, -0.15) is 15.1 Å². The summed E-state index contributed by atoms with van der Waals surface area (Å²) in [4.78, 5) is 11.4. The van der Waals surface area contributed by atoms with Crippen molar-refractivity contribution in [1.82, 2.24) is 19.7 Å². The molecule has 7 nitrogen and oxygen atoms in total. The quantitative estimate of drug-likeness (QED) is 0.465. The van der Waals surface area contributed by atoms with Gasteiger partial charge in [0.15, 0.2) is 5.82 Å². The molecule has 7 heteroatoms. The van der Waals surface area contributed by atoms with Crippen molar-refractivity contribution in [2.75, 3.05) is 37.8 Å². The molecule has 1 aromatic carbocycles. The summed E-state index contributed by atoms with van der Waals surface area (Å²) in [5, 5.41) is 4.73. The molecule has 0 saturated carbocycles. The standard InChI is InChI=1S/C23H25N5O2/c1-3-4-5-13-30-23-24-21(27-11-14-29-15-12-27)17-22(25-23)28-10-9-20(26-28)19-8-6-7-18(2)16-19/h6-10,16-17H,5,11-15H2,1-2H3. The number of hydrogen-bond donors (Lipinski definition) is 0. The SMILES string of the molecule is CC#CCCOc1nc(N2CCOCC2)cc(-n2ccc(-c3cccc(C)c3)n2)n1. The van der Waals surface area contributed by atoms with Crippen molar-refractivity contribution in [2.24, 2.45) is 0 Å². The lowest BCUT2D eigenvalue weighted by Gasteiger charge is -2.28. The second-order valence-corrected chi connectivity index (χ2v) is 7.01. The average molecular weight is 403 g/mol. The number of morpholine rings is 1. The van der Waals surface area contributed by atoms with E-state index in [1.54, 1.807) is 4.68 Å². The summed E-state index contributed by atoms with van der Waals surface area (Å²) in [7, 11) is 0. The maximum absolute atomic E-state index is 5.79. The summed E-state index contributed by atoms with van der Waals surface area (Å²) in [5.41, 5.74) is 3.17. The van der Waals surface area contributed by atoms with Crippen LogP contribution in [-0.2, 0) is 4.74 Å². The van der Waals surface area contributed by atoms with Gasteiger partial charge in [0, 0.05) is 37.3 Å². The van der Waals surface area contributed by atoms with Crippen LogP contribution < -0.4 is 9.64 Å². The molecule has 0 aliphatic carbocycles. The molecule has 4 rings (SSSR count). The average Bonchev–Trinajstić information content (AvgIpc) is 3.28. The van der Waals surface area contributed by atoms with E-state index in [1.165, 1.54) is 5.56 Å². The van der Waals surface area contributed by atoms with Gasteiger partial charge in [0.2, 0.25) is 0 Å². The molecule has 1 aliphatic rings. The molecule has 2 aromatic heterocycles. The Bertz CT molecular complexity index is 1060. The van der Waals surface area contributed by atoms with Crippen molar-refractivity contribution in [3.8, 4) is 34.9 Å². The first-order chi connectivity index (χ1) is 14.7. The zero-order valence-electron chi connectivity index (χ0n) is 17.3. The molecule has 0 bridgehead atoms. The fourth-order valence-electron chi connectivity index (χ4n) is 3.27. The molecular formula is C23H25N5O2. The Hall–Kier alpha value is -3.37. The summed E-state index contributed by atoms with van der Waals surface area (Å²) in [5.74, 6) is 7.34. The molecule has 1 fully saturated rings. The van der Waals surface area contributed by atoms with Gasteiger partial charge in [-0.25, -0.2) is 4.68 Å². The van der Waals surface area contributed by atoms with Gasteiger partial charge in [-0.1, -0.05) is 23.8 Å². The zero-order valence-corrected chi connectivity index (χ0v) is 17.3. The van der Waals surface area contributed by atoms with Crippen LogP contribution in [0.5, 0.6) is 6.01 Å². The van der Waals surface area contributed by atoms with Crippen molar-refractivity contribution in [1.29, 1.82) is 0 Å². The number of nitrogens with zero attached hydrogens (tertiary/aromatic N) is 5. The van der Waals surface area contributed by atoms with Gasteiger partial charge in [-0.15, -0.1) is 11.8 Å². The van der Waals surface area contributed by atoms with Gasteiger partial charge < -0.3 is 14.4 Å². The van der Waals surface area contributed by atoms with E-state index in [-0.39, 0.29) is 0 Å². The highest BCUT2D eigenvalue weighted by molar-refractivity contribution is 5.60. The van der Waals surface area contributed by atoms with Crippen LogP contribution in [0.15, 0.2) is 42.6 Å². The van der Waals surface area contributed by atoms with E-state index in [0.717, 1.165) is 30.2 Å². The number of rotatable bonds is 6. The minimum absolute atomic E-state index is 0.333. The fourth-order valence-corrected chi connectivity index (χ4v) is 3.27. The van der Waals surface area contributed by atoms with E-state index < -0.39 is 0 Å². The molecule has 30 heavy (non-hydrogen) atoms. The Labute approximate surface area is 176 Å². The fraction of sp³-hybridized carbons (Fsp3) is 0.348. The summed E-state index contributed by atoms with van der Waals surface area (Å²) in [6, 6.07) is 12.6. The van der Waals surface area contributed by atoms with Crippen LogP contribution in [-0.4, -0.2) is 52.7 Å². The van der Waals surface area contributed by atoms with Gasteiger partial charge in [-0.3, -0.25) is 0 Å². The van der Waals surface area contributed by atoms with Crippen molar-refractivity contribution in [2.45, 2.75) is 20.3 Å². The molecule has 0 spiro atoms. The number of hydrogen-bond acceptors (Lipinski definition) is 6. The van der Waals surface area contributed by atoms with Crippen LogP contribution in [0, 0.1) is 18.8 Å². The molecule has 1 saturated heterocycles. The number of aromatic nitrogens is 4. The molecule has 1 aliphatic heterocycles. The van der Waals surface area contributed by atoms with E-state index in [9.17, 15) is 0 Å². The molecule has 154 valence electrons. The van der Waals surface area contributed by atoms with Crippen LogP contribution in [0.2, 0.25) is 0 Å². The van der Waals surface area contributed by atoms with Crippen LogP contribution >= 0.6 is 0 Å². The maximum Gasteiger partial charge on any atom is 0.320 e. The molecule has 3 aromatic rings. The summed E-state index contributed by atoms with van der Waals surface area (Å²) in [6.45, 7) is 7.27. The lowest BCUT2D eigenvalue weighted by Crippen LogP contribution is -2.37. The van der Waals surface area contributed by atoms with E-state index in [0.29, 0.717) is 38.1 Å². The number of ether oxygens (including phenoxy) is 2. The van der Waals surface area contributed by atoms with E-state index in [4.69, 9.17) is 14.6 Å². The lowest BCUT2D eigenvalue weighted by atomic mass is 10.1. The highest BCUT2D eigenvalue weighted by atomic mass is 16.5. The maximum atomic E-state index is 5.79. The highest BCUT2D eigenvalue weighted by Gasteiger charge is 2.17. The molecule has 0 unspecified atom stereocenters. The summed E-state index contributed by atoms with van der Waals surface area (Å²) >= 11 is 0. The molecule has 0 amide bonds. The molecule has 0 N–H and O–H groups in total. The number of anilines is 1. The Morgan fingerprint density at radius 2 is 1.93 bits per heavy atom. The molecule has 3 heterocycles. The summed E-state index contributed by atoms with van der Waals surface area (Å²) in [6.07, 6.45) is 2.55. The smallest absolute Gasteiger partial charge is 0.320 e. The second kappa shape index (κ2) is 9.42. The third kappa shape index (κ3) is 4.78. The Morgan fingerprint density at radius 3 is 2.73 bits per heavy atom. The monoisotopic (exact) mass is 403 g/mol. The topological polar surface area (TPSA) is 65.3 Å². The third-order valence-electron chi connectivity index (χ3n) is 4.79. The number of aryl methyl sites for hydroxylation is 1. The van der Waals surface area contributed by atoms with Crippen molar-refractivity contribution in [3.05, 3.63) is 48.2 Å². The van der Waals surface area contributed by atoms with Gasteiger partial charge in [-0.05, 0) is 26.0 Å². The Morgan fingerprint density at radius 1 is 1.10 bits per heavy atom. The van der Waals surface area contributed by atoms with Gasteiger partial charge >= 0.3 is 6.01 Å². The predicted octanol–water partition coefficient (Wildman–Crippen LogP) is 3.27. The first-order valence-corrected chi connectivity index (χ1v) is 10.1. The van der Waals surface area contributed by atoms with Crippen molar-refractivity contribution < 1.29 is 9.47 Å². The Balaban J connectivity index is 1.64. The summed E-state index contributed by atoms with van der Waals surface area (Å²) < 4.78 is 13.0. The van der Waals surface area contributed by atoms with Gasteiger partial charge in [0.25, 0.3) is 0 Å². The highest BCUT2D eigenvalue weighted by Crippen LogP contribution is 2.23. The van der Waals surface area contributed by atoms with E-state index >= 15 is 0 Å². The van der Waals surface area contributed by atoms with Gasteiger partial charge in [0.05, 0.1) is 18.9 Å². The minimum Gasteiger partial charge on any atom is -0.462 e. The minimum atomic E-state index is 0.333. The molecule has 0 atom stereocenters. The van der Waals surface area contributed by atoms with Crippen molar-refractivity contribution in [3.63, 3.8) is 0 Å². The van der Waals surface area contributed by atoms with Crippen LogP contribution in [0.1, 0.15) is 18.9 Å². The van der Waals surface area contributed by atoms with E-state index in [2.05, 4.69) is 51.8 Å². The predicted molar refractivity (Wildman–Crippen MR) is 116 cm³/mol. The normalized spacial score (nSPS) is 13.6. The van der Waals surface area contributed by atoms with Gasteiger partial charge in [0.1, 0.15) is 12.4 Å². The zero-order chi connectivity index (χ0) is 20.8. The second-order valence-electron chi connectivity index (χ2n) is 7.01. The van der Waals surface area contributed by atoms with Crippen LogP contribution in [0.3, 0.4) is 0 Å². The number of benzene rings is 1. The largest absolute Gasteiger partial charge is 0.462 e. The first kappa shape index (κ1) is 19.9. The molecule has 0 radical (unpaired) electrons. The lowest BCUT2D eigenvalue weighted by molar-refractivity contribution is 0.122. The van der Waals surface area contributed by atoms with Crippen LogP contribution in [0.4, 0.5) is 5.82 Å². The first-order valence-electron chi connectivity index (χ1n) is 10.1.